The molecule has 9 heteroatoms. The zero-order valence-electron chi connectivity index (χ0n) is 16.5. The first-order valence-electron chi connectivity index (χ1n) is 9.55. The number of anilines is 1. The highest BCUT2D eigenvalue weighted by Crippen LogP contribution is 2.25. The highest BCUT2D eigenvalue weighted by molar-refractivity contribution is 6.42. The number of aromatic nitrogens is 2. The zero-order chi connectivity index (χ0) is 22.8. The molecule has 162 valence electrons. The van der Waals surface area contributed by atoms with E-state index in [9.17, 15) is 14.4 Å². The molecule has 1 N–H and O–H groups in total. The number of nitrogens with zero attached hydrogens (tertiary/aromatic N) is 2. The molecule has 0 saturated carbocycles. The summed E-state index contributed by atoms with van der Waals surface area (Å²) in [5.41, 5.74) is 0.464. The molecule has 0 aliphatic carbocycles. The van der Waals surface area contributed by atoms with Crippen LogP contribution in [0.5, 0.6) is 0 Å². The summed E-state index contributed by atoms with van der Waals surface area (Å²) < 4.78 is 2.37. The highest BCUT2D eigenvalue weighted by Gasteiger charge is 2.16. The van der Waals surface area contributed by atoms with Gasteiger partial charge in [0.25, 0.3) is 5.56 Å². The Morgan fingerprint density at radius 1 is 0.844 bits per heavy atom. The van der Waals surface area contributed by atoms with Crippen molar-refractivity contribution in [2.24, 2.45) is 0 Å². The summed E-state index contributed by atoms with van der Waals surface area (Å²) in [5.74, 6) is -0.455. The van der Waals surface area contributed by atoms with E-state index in [0.717, 1.165) is 4.57 Å². The van der Waals surface area contributed by atoms with Crippen molar-refractivity contribution < 1.29 is 4.79 Å². The second kappa shape index (κ2) is 9.20. The molecule has 0 saturated heterocycles. The summed E-state index contributed by atoms with van der Waals surface area (Å²) >= 11 is 18.0. The molecule has 4 aromatic rings. The summed E-state index contributed by atoms with van der Waals surface area (Å²) in [5, 5.41) is 4.18. The molecule has 0 aliphatic rings. The van der Waals surface area contributed by atoms with Gasteiger partial charge in [0.2, 0.25) is 5.91 Å². The topological polar surface area (TPSA) is 73.1 Å². The number of hydrogen-bond acceptors (Lipinski definition) is 3. The predicted octanol–water partition coefficient (Wildman–Crippen LogP) is 4.81. The normalized spacial score (nSPS) is 11.0. The largest absolute Gasteiger partial charge is 0.332 e. The van der Waals surface area contributed by atoms with E-state index < -0.39 is 17.2 Å². The van der Waals surface area contributed by atoms with Crippen molar-refractivity contribution in [1.29, 1.82) is 0 Å². The molecule has 6 nitrogen and oxygen atoms in total. The van der Waals surface area contributed by atoms with E-state index in [0.29, 0.717) is 37.2 Å². The molecule has 0 radical (unpaired) electrons. The molecular formula is C23H16Cl3N3O3. The number of carbonyl (C=O) groups excluding carboxylic acids is 1. The molecule has 3 aromatic carbocycles. The van der Waals surface area contributed by atoms with E-state index in [1.165, 1.54) is 10.6 Å². The number of amides is 1. The van der Waals surface area contributed by atoms with Crippen LogP contribution in [0.1, 0.15) is 5.56 Å². The maximum absolute atomic E-state index is 13.3. The summed E-state index contributed by atoms with van der Waals surface area (Å²) in [7, 11) is 0. The standard InChI is InChI=1S/C23H16Cl3N3O3/c24-15-5-3-4-14(10-15)12-29-22(31)17-6-1-2-7-20(17)28(23(29)32)13-21(30)27-16-8-9-18(25)19(26)11-16/h1-11H,12-13H2,(H,27,30). The first-order valence-corrected chi connectivity index (χ1v) is 10.7. The van der Waals surface area contributed by atoms with Crippen LogP contribution < -0.4 is 16.6 Å². The minimum atomic E-state index is -0.599. The quantitative estimate of drug-likeness (QED) is 0.438. The number of halogens is 3. The van der Waals surface area contributed by atoms with E-state index in [1.54, 1.807) is 60.7 Å². The van der Waals surface area contributed by atoms with Crippen molar-refractivity contribution in [1.82, 2.24) is 9.13 Å². The highest BCUT2D eigenvalue weighted by atomic mass is 35.5. The van der Waals surface area contributed by atoms with Crippen LogP contribution in [0.25, 0.3) is 10.9 Å². The van der Waals surface area contributed by atoms with Gasteiger partial charge in [-0.1, -0.05) is 59.1 Å². The average Bonchev–Trinajstić information content (AvgIpc) is 2.77. The number of carbonyl (C=O) groups is 1. The van der Waals surface area contributed by atoms with Gasteiger partial charge in [-0.3, -0.25) is 18.7 Å². The average molecular weight is 489 g/mol. The summed E-state index contributed by atoms with van der Waals surface area (Å²) in [6.45, 7) is -0.271. The van der Waals surface area contributed by atoms with Gasteiger partial charge in [0.05, 0.1) is 27.5 Å². The lowest BCUT2D eigenvalue weighted by molar-refractivity contribution is -0.116. The van der Waals surface area contributed by atoms with Crippen molar-refractivity contribution in [3.8, 4) is 0 Å². The van der Waals surface area contributed by atoms with Crippen LogP contribution in [0.15, 0.2) is 76.3 Å². The van der Waals surface area contributed by atoms with Crippen LogP contribution in [0.3, 0.4) is 0 Å². The maximum atomic E-state index is 13.3. The third-order valence-electron chi connectivity index (χ3n) is 4.87. The van der Waals surface area contributed by atoms with Crippen LogP contribution in [0.4, 0.5) is 5.69 Å². The first-order chi connectivity index (χ1) is 15.3. The van der Waals surface area contributed by atoms with Gasteiger partial charge in [-0.15, -0.1) is 0 Å². The summed E-state index contributed by atoms with van der Waals surface area (Å²) in [6, 6.07) is 18.3. The Hall–Kier alpha value is -3.06. The Bertz CT molecular complexity index is 1460. The lowest BCUT2D eigenvalue weighted by Crippen LogP contribution is -2.42. The second-order valence-electron chi connectivity index (χ2n) is 7.08. The van der Waals surface area contributed by atoms with E-state index in [2.05, 4.69) is 5.32 Å². The number of fused-ring (bicyclic) bond motifs is 1. The fraction of sp³-hybridized carbons (Fsp3) is 0.0870. The Kier molecular flexibility index (Phi) is 6.37. The SMILES string of the molecule is O=C(Cn1c(=O)n(Cc2cccc(Cl)c2)c(=O)c2ccccc21)Nc1ccc(Cl)c(Cl)c1. The first kappa shape index (κ1) is 22.1. The van der Waals surface area contributed by atoms with Crippen molar-refractivity contribution in [2.45, 2.75) is 13.1 Å². The molecule has 1 amide bonds. The van der Waals surface area contributed by atoms with Gasteiger partial charge >= 0.3 is 5.69 Å². The molecule has 0 aliphatic heterocycles. The molecular weight excluding hydrogens is 473 g/mol. The molecule has 0 unspecified atom stereocenters. The number of hydrogen-bond donors (Lipinski definition) is 1. The van der Waals surface area contributed by atoms with Crippen molar-refractivity contribution in [3.63, 3.8) is 0 Å². The second-order valence-corrected chi connectivity index (χ2v) is 8.33. The van der Waals surface area contributed by atoms with Gasteiger partial charge in [0.1, 0.15) is 6.54 Å². The molecule has 1 heterocycles. The zero-order valence-corrected chi connectivity index (χ0v) is 18.8. The molecule has 0 bridgehead atoms. The van der Waals surface area contributed by atoms with Gasteiger partial charge in [-0.25, -0.2) is 4.79 Å². The number of nitrogens with one attached hydrogen (secondary N) is 1. The van der Waals surface area contributed by atoms with E-state index in [4.69, 9.17) is 34.8 Å². The minimum Gasteiger partial charge on any atom is -0.324 e. The summed E-state index contributed by atoms with van der Waals surface area (Å²) in [4.78, 5) is 39.0. The van der Waals surface area contributed by atoms with Gasteiger partial charge in [0.15, 0.2) is 0 Å². The number of para-hydroxylation sites is 1. The molecule has 0 atom stereocenters. The monoisotopic (exact) mass is 487 g/mol. The van der Waals surface area contributed by atoms with E-state index >= 15 is 0 Å². The third kappa shape index (κ3) is 4.58. The van der Waals surface area contributed by atoms with Gasteiger partial charge in [-0.2, -0.15) is 0 Å². The van der Waals surface area contributed by atoms with Crippen molar-refractivity contribution >= 4 is 57.3 Å². The third-order valence-corrected chi connectivity index (χ3v) is 5.84. The Morgan fingerprint density at radius 2 is 1.62 bits per heavy atom. The minimum absolute atomic E-state index is 0.0253. The van der Waals surface area contributed by atoms with Crippen molar-refractivity contribution in [3.05, 3.63) is 108 Å². The fourth-order valence-electron chi connectivity index (χ4n) is 3.40. The smallest absolute Gasteiger partial charge is 0.324 e. The lowest BCUT2D eigenvalue weighted by Gasteiger charge is -2.14. The number of rotatable bonds is 5. The Balaban J connectivity index is 1.74. The van der Waals surface area contributed by atoms with Crippen LogP contribution in [0.2, 0.25) is 15.1 Å². The molecule has 1 aromatic heterocycles. The lowest BCUT2D eigenvalue weighted by atomic mass is 10.2. The number of benzene rings is 3. The van der Waals surface area contributed by atoms with Crippen LogP contribution in [-0.2, 0) is 17.9 Å². The van der Waals surface area contributed by atoms with Gasteiger partial charge < -0.3 is 5.32 Å². The van der Waals surface area contributed by atoms with E-state index in [1.807, 2.05) is 0 Å². The van der Waals surface area contributed by atoms with Crippen LogP contribution in [-0.4, -0.2) is 15.0 Å². The molecule has 32 heavy (non-hydrogen) atoms. The van der Waals surface area contributed by atoms with Crippen molar-refractivity contribution in [2.75, 3.05) is 5.32 Å². The maximum Gasteiger partial charge on any atom is 0.332 e. The molecule has 4 rings (SSSR count). The summed E-state index contributed by atoms with van der Waals surface area (Å²) in [6.07, 6.45) is 0. The van der Waals surface area contributed by atoms with Gasteiger partial charge in [0, 0.05) is 10.7 Å². The van der Waals surface area contributed by atoms with Gasteiger partial charge in [-0.05, 0) is 48.0 Å². The van der Waals surface area contributed by atoms with E-state index in [-0.39, 0.29) is 13.1 Å². The van der Waals surface area contributed by atoms with Crippen LogP contribution >= 0.6 is 34.8 Å². The predicted molar refractivity (Wildman–Crippen MR) is 128 cm³/mol. The van der Waals surface area contributed by atoms with Crippen LogP contribution in [0, 0.1) is 0 Å². The Labute approximate surface area is 197 Å². The molecule has 0 spiro atoms. The Morgan fingerprint density at radius 3 is 2.38 bits per heavy atom. The molecule has 0 fully saturated rings. The fourth-order valence-corrected chi connectivity index (χ4v) is 3.91.